The van der Waals surface area contributed by atoms with Crippen molar-refractivity contribution in [2.45, 2.75) is 51.5 Å². The molecule has 0 spiro atoms. The number of hydrogen-bond acceptors (Lipinski definition) is 1. The molecule has 1 saturated heterocycles. The van der Waals surface area contributed by atoms with E-state index in [0.29, 0.717) is 0 Å². The molecule has 0 amide bonds. The second-order valence-corrected chi connectivity index (χ2v) is 4.91. The fourth-order valence-corrected chi connectivity index (χ4v) is 2.65. The molecule has 1 heteroatoms. The van der Waals surface area contributed by atoms with Crippen LogP contribution in [0.4, 0.5) is 0 Å². The fraction of sp³-hybridized carbons (Fsp3) is 0.714. The van der Waals surface area contributed by atoms with Crippen LogP contribution in [0.1, 0.15) is 45.4 Å². The summed E-state index contributed by atoms with van der Waals surface area (Å²) in [6.45, 7) is 5.02. The SMILES string of the molecule is CC(CC1=CCCC=C1)N1CCCCC1. The smallest absolute Gasteiger partial charge is 0.0107 e. The van der Waals surface area contributed by atoms with E-state index in [4.69, 9.17) is 0 Å². The molecule has 1 atom stereocenters. The van der Waals surface area contributed by atoms with Crippen LogP contribution in [0.5, 0.6) is 0 Å². The van der Waals surface area contributed by atoms with Gasteiger partial charge in [-0.3, -0.25) is 0 Å². The monoisotopic (exact) mass is 205 g/mol. The van der Waals surface area contributed by atoms with Crippen molar-refractivity contribution in [3.63, 3.8) is 0 Å². The van der Waals surface area contributed by atoms with Gasteiger partial charge in [0.1, 0.15) is 0 Å². The van der Waals surface area contributed by atoms with E-state index >= 15 is 0 Å². The Balaban J connectivity index is 1.82. The fourth-order valence-electron chi connectivity index (χ4n) is 2.65. The van der Waals surface area contributed by atoms with Gasteiger partial charge < -0.3 is 4.90 Å². The highest BCUT2D eigenvalue weighted by Crippen LogP contribution is 2.20. The molecule has 0 aromatic rings. The average Bonchev–Trinajstić information content (AvgIpc) is 2.31. The van der Waals surface area contributed by atoms with Crippen molar-refractivity contribution in [1.29, 1.82) is 0 Å². The second kappa shape index (κ2) is 5.50. The topological polar surface area (TPSA) is 3.24 Å². The van der Waals surface area contributed by atoms with Crippen molar-refractivity contribution in [1.82, 2.24) is 4.90 Å². The number of likely N-dealkylation sites (tertiary alicyclic amines) is 1. The molecule has 0 bridgehead atoms. The van der Waals surface area contributed by atoms with Gasteiger partial charge in [0.15, 0.2) is 0 Å². The summed E-state index contributed by atoms with van der Waals surface area (Å²) in [5.41, 5.74) is 1.55. The first-order valence-electron chi connectivity index (χ1n) is 6.46. The van der Waals surface area contributed by atoms with Crippen molar-refractivity contribution in [3.05, 3.63) is 23.8 Å². The highest BCUT2D eigenvalue weighted by atomic mass is 15.1. The normalized spacial score (nSPS) is 25.0. The van der Waals surface area contributed by atoms with Gasteiger partial charge in [0, 0.05) is 6.04 Å². The molecule has 1 unspecified atom stereocenters. The Morgan fingerprint density at radius 1 is 1.20 bits per heavy atom. The number of allylic oxidation sites excluding steroid dienone is 3. The van der Waals surface area contributed by atoms with Gasteiger partial charge in [-0.25, -0.2) is 0 Å². The molecular formula is C14H23N. The minimum absolute atomic E-state index is 0.735. The molecule has 1 fully saturated rings. The van der Waals surface area contributed by atoms with Crippen molar-refractivity contribution in [2.24, 2.45) is 0 Å². The quantitative estimate of drug-likeness (QED) is 0.681. The Morgan fingerprint density at radius 3 is 2.67 bits per heavy atom. The van der Waals surface area contributed by atoms with Crippen LogP contribution in [0.15, 0.2) is 23.8 Å². The van der Waals surface area contributed by atoms with Gasteiger partial charge in [0.2, 0.25) is 0 Å². The highest BCUT2D eigenvalue weighted by molar-refractivity contribution is 5.22. The summed E-state index contributed by atoms with van der Waals surface area (Å²) in [4.78, 5) is 2.66. The van der Waals surface area contributed by atoms with E-state index in [9.17, 15) is 0 Å². The zero-order valence-electron chi connectivity index (χ0n) is 9.91. The minimum atomic E-state index is 0.735. The summed E-state index contributed by atoms with van der Waals surface area (Å²) in [6.07, 6.45) is 15.0. The molecule has 0 saturated carbocycles. The van der Waals surface area contributed by atoms with E-state index in [1.165, 1.54) is 51.6 Å². The first kappa shape index (κ1) is 10.9. The molecule has 1 aliphatic carbocycles. The molecular weight excluding hydrogens is 182 g/mol. The summed E-state index contributed by atoms with van der Waals surface area (Å²) in [5, 5.41) is 0. The lowest BCUT2D eigenvalue weighted by Gasteiger charge is -2.32. The standard InChI is InChI=1S/C14H23N/c1-13(15-10-6-3-7-11-15)12-14-8-4-2-5-9-14/h4,8-9,13H,2-3,5-7,10-12H2,1H3. The van der Waals surface area contributed by atoms with Gasteiger partial charge in [-0.15, -0.1) is 0 Å². The van der Waals surface area contributed by atoms with E-state index in [2.05, 4.69) is 30.1 Å². The summed E-state index contributed by atoms with van der Waals surface area (Å²) in [7, 11) is 0. The Bertz CT molecular complexity index is 246. The van der Waals surface area contributed by atoms with Crippen molar-refractivity contribution < 1.29 is 0 Å². The Hall–Kier alpha value is -0.560. The molecule has 1 aliphatic heterocycles. The van der Waals surface area contributed by atoms with Crippen LogP contribution in [0.2, 0.25) is 0 Å². The van der Waals surface area contributed by atoms with Crippen LogP contribution in [-0.2, 0) is 0 Å². The third kappa shape index (κ3) is 3.20. The summed E-state index contributed by atoms with van der Waals surface area (Å²) >= 11 is 0. The summed E-state index contributed by atoms with van der Waals surface area (Å²) in [6, 6.07) is 0.735. The van der Waals surface area contributed by atoms with Crippen LogP contribution in [-0.4, -0.2) is 24.0 Å². The van der Waals surface area contributed by atoms with Crippen LogP contribution < -0.4 is 0 Å². The molecule has 15 heavy (non-hydrogen) atoms. The van der Waals surface area contributed by atoms with Crippen LogP contribution in [0.3, 0.4) is 0 Å². The first-order chi connectivity index (χ1) is 7.36. The molecule has 2 rings (SSSR count). The maximum atomic E-state index is 2.66. The largest absolute Gasteiger partial charge is 0.300 e. The zero-order valence-corrected chi connectivity index (χ0v) is 9.91. The molecule has 0 N–H and O–H groups in total. The van der Waals surface area contributed by atoms with Crippen LogP contribution >= 0.6 is 0 Å². The van der Waals surface area contributed by atoms with Gasteiger partial charge in [0.25, 0.3) is 0 Å². The number of rotatable bonds is 3. The zero-order chi connectivity index (χ0) is 10.5. The Kier molecular flexibility index (Phi) is 4.01. The first-order valence-corrected chi connectivity index (χ1v) is 6.46. The molecule has 1 heterocycles. The third-order valence-electron chi connectivity index (χ3n) is 3.62. The predicted molar refractivity (Wildman–Crippen MR) is 66.0 cm³/mol. The minimum Gasteiger partial charge on any atom is -0.300 e. The van der Waals surface area contributed by atoms with Gasteiger partial charge >= 0.3 is 0 Å². The van der Waals surface area contributed by atoms with Gasteiger partial charge in [-0.2, -0.15) is 0 Å². The Labute approximate surface area is 93.9 Å². The molecule has 84 valence electrons. The maximum absolute atomic E-state index is 2.66. The van der Waals surface area contributed by atoms with E-state index in [1.54, 1.807) is 5.57 Å². The van der Waals surface area contributed by atoms with E-state index < -0.39 is 0 Å². The lowest BCUT2D eigenvalue weighted by atomic mass is 9.99. The van der Waals surface area contributed by atoms with Gasteiger partial charge in [-0.05, 0) is 52.1 Å². The molecule has 0 radical (unpaired) electrons. The molecule has 2 aliphatic rings. The molecule has 1 nitrogen and oxygen atoms in total. The number of piperidine rings is 1. The molecule has 0 aromatic carbocycles. The second-order valence-electron chi connectivity index (χ2n) is 4.91. The van der Waals surface area contributed by atoms with Crippen molar-refractivity contribution in [2.75, 3.05) is 13.1 Å². The van der Waals surface area contributed by atoms with E-state index in [-0.39, 0.29) is 0 Å². The van der Waals surface area contributed by atoms with Crippen LogP contribution in [0.25, 0.3) is 0 Å². The average molecular weight is 205 g/mol. The lowest BCUT2D eigenvalue weighted by molar-refractivity contribution is 0.173. The number of hydrogen-bond donors (Lipinski definition) is 0. The van der Waals surface area contributed by atoms with Gasteiger partial charge in [0.05, 0.1) is 0 Å². The molecule has 0 aromatic heterocycles. The van der Waals surface area contributed by atoms with E-state index in [0.717, 1.165) is 6.04 Å². The number of nitrogens with zero attached hydrogens (tertiary/aromatic N) is 1. The van der Waals surface area contributed by atoms with Crippen molar-refractivity contribution in [3.8, 4) is 0 Å². The summed E-state index contributed by atoms with van der Waals surface area (Å²) in [5.74, 6) is 0. The third-order valence-corrected chi connectivity index (χ3v) is 3.62. The lowest BCUT2D eigenvalue weighted by Crippen LogP contribution is -2.37. The maximum Gasteiger partial charge on any atom is 0.0107 e. The Morgan fingerprint density at radius 2 is 2.00 bits per heavy atom. The van der Waals surface area contributed by atoms with Gasteiger partial charge in [-0.1, -0.05) is 30.2 Å². The highest BCUT2D eigenvalue weighted by Gasteiger charge is 2.17. The summed E-state index contributed by atoms with van der Waals surface area (Å²) < 4.78 is 0. The van der Waals surface area contributed by atoms with Crippen molar-refractivity contribution >= 4 is 0 Å². The van der Waals surface area contributed by atoms with E-state index in [1.807, 2.05) is 0 Å². The van der Waals surface area contributed by atoms with Crippen LogP contribution in [0, 0.1) is 0 Å². The predicted octanol–water partition coefficient (Wildman–Crippen LogP) is 3.53.